The number of aliphatic carboxylic acids is 1. The van der Waals surface area contributed by atoms with Crippen LogP contribution in [0.4, 0.5) is 0 Å². The number of furan rings is 1. The van der Waals surface area contributed by atoms with Gasteiger partial charge in [0, 0.05) is 13.0 Å². The highest BCUT2D eigenvalue weighted by Gasteiger charge is 2.11. The summed E-state index contributed by atoms with van der Waals surface area (Å²) in [5, 5.41) is 11.1. The highest BCUT2D eigenvalue weighted by Crippen LogP contribution is 2.08. The van der Waals surface area contributed by atoms with E-state index >= 15 is 0 Å². The third-order valence-corrected chi connectivity index (χ3v) is 3.42. The molecular formula is C13H20N2O6S. The Morgan fingerprint density at radius 2 is 1.95 bits per heavy atom. The van der Waals surface area contributed by atoms with Crippen molar-refractivity contribution >= 4 is 21.9 Å². The van der Waals surface area contributed by atoms with Gasteiger partial charge in [0.1, 0.15) is 5.76 Å². The summed E-state index contributed by atoms with van der Waals surface area (Å²) in [6, 6.07) is 3.00. The second kappa shape index (κ2) is 8.54. The van der Waals surface area contributed by atoms with Crippen LogP contribution in [-0.2, 0) is 21.4 Å². The summed E-state index contributed by atoms with van der Waals surface area (Å²) in [5.74, 6) is -0.758. The largest absolute Gasteiger partial charge is 0.481 e. The fraction of sp³-hybridized carbons (Fsp3) is 0.538. The summed E-state index contributed by atoms with van der Waals surface area (Å²) in [7, 11) is -3.31. The first-order valence-electron chi connectivity index (χ1n) is 6.81. The number of carboxylic acid groups (broad SMARTS) is 1. The minimum absolute atomic E-state index is 0.0126. The third kappa shape index (κ3) is 7.79. The fourth-order valence-corrected chi connectivity index (χ4v) is 2.07. The van der Waals surface area contributed by atoms with E-state index in [-0.39, 0.29) is 24.6 Å². The van der Waals surface area contributed by atoms with Crippen molar-refractivity contribution in [1.82, 2.24) is 10.0 Å². The Morgan fingerprint density at radius 1 is 1.23 bits per heavy atom. The van der Waals surface area contributed by atoms with Gasteiger partial charge < -0.3 is 14.8 Å². The van der Waals surface area contributed by atoms with Crippen LogP contribution in [0.15, 0.2) is 16.5 Å². The van der Waals surface area contributed by atoms with E-state index in [1.165, 1.54) is 12.1 Å². The van der Waals surface area contributed by atoms with Gasteiger partial charge in [0.15, 0.2) is 5.76 Å². The molecule has 1 amide bonds. The Bertz CT molecular complexity index is 608. The number of amides is 1. The summed E-state index contributed by atoms with van der Waals surface area (Å²) in [6.45, 7) is 0.414. The second-order valence-corrected chi connectivity index (χ2v) is 6.65. The number of carbonyl (C=O) groups excluding carboxylic acids is 1. The molecule has 9 heteroatoms. The van der Waals surface area contributed by atoms with Crippen LogP contribution in [0.1, 0.15) is 42.0 Å². The first-order valence-corrected chi connectivity index (χ1v) is 8.70. The van der Waals surface area contributed by atoms with Crippen LogP contribution in [0.3, 0.4) is 0 Å². The molecule has 124 valence electrons. The molecule has 0 bridgehead atoms. The molecule has 3 N–H and O–H groups in total. The smallest absolute Gasteiger partial charge is 0.303 e. The van der Waals surface area contributed by atoms with E-state index < -0.39 is 16.0 Å². The number of nitrogens with one attached hydrogen (secondary N) is 2. The Morgan fingerprint density at radius 3 is 2.59 bits per heavy atom. The Balaban J connectivity index is 2.28. The van der Waals surface area contributed by atoms with E-state index in [2.05, 4.69) is 10.0 Å². The molecular weight excluding hydrogens is 312 g/mol. The van der Waals surface area contributed by atoms with Gasteiger partial charge in [-0.2, -0.15) is 0 Å². The summed E-state index contributed by atoms with van der Waals surface area (Å²) in [6.07, 6.45) is 3.14. The molecule has 0 radical (unpaired) electrons. The number of rotatable bonds is 10. The van der Waals surface area contributed by atoms with Gasteiger partial charge in [-0.25, -0.2) is 13.1 Å². The monoisotopic (exact) mass is 332 g/mol. The van der Waals surface area contributed by atoms with Crippen LogP contribution in [0.2, 0.25) is 0 Å². The maximum Gasteiger partial charge on any atom is 0.303 e. The average Bonchev–Trinajstić information content (AvgIpc) is 2.88. The summed E-state index contributed by atoms with van der Waals surface area (Å²) < 4.78 is 29.4. The summed E-state index contributed by atoms with van der Waals surface area (Å²) >= 11 is 0. The first kappa shape index (κ1) is 18.2. The zero-order chi connectivity index (χ0) is 16.6. The lowest BCUT2D eigenvalue weighted by Crippen LogP contribution is -2.24. The molecule has 1 heterocycles. The lowest BCUT2D eigenvalue weighted by atomic mass is 10.2. The van der Waals surface area contributed by atoms with Crippen molar-refractivity contribution in [2.45, 2.75) is 32.2 Å². The van der Waals surface area contributed by atoms with Crippen LogP contribution in [-0.4, -0.2) is 38.2 Å². The Kier molecular flexibility index (Phi) is 7.06. The maximum atomic E-state index is 11.8. The van der Waals surface area contributed by atoms with Crippen molar-refractivity contribution in [3.05, 3.63) is 23.7 Å². The van der Waals surface area contributed by atoms with E-state index in [0.717, 1.165) is 6.26 Å². The van der Waals surface area contributed by atoms with Gasteiger partial charge in [0.25, 0.3) is 5.91 Å². The molecule has 0 atom stereocenters. The van der Waals surface area contributed by atoms with E-state index in [4.69, 9.17) is 9.52 Å². The van der Waals surface area contributed by atoms with Crippen LogP contribution in [0.5, 0.6) is 0 Å². The predicted molar refractivity (Wildman–Crippen MR) is 78.8 cm³/mol. The zero-order valence-electron chi connectivity index (χ0n) is 12.3. The zero-order valence-corrected chi connectivity index (χ0v) is 13.1. The number of sulfonamides is 1. The number of carbonyl (C=O) groups is 2. The minimum Gasteiger partial charge on any atom is -0.481 e. The van der Waals surface area contributed by atoms with Crippen molar-refractivity contribution < 1.29 is 27.5 Å². The number of unbranched alkanes of at least 4 members (excludes halogenated alkanes) is 2. The van der Waals surface area contributed by atoms with Gasteiger partial charge in [-0.05, 0) is 25.0 Å². The molecule has 0 saturated carbocycles. The van der Waals surface area contributed by atoms with Crippen LogP contribution in [0.25, 0.3) is 0 Å². The second-order valence-electron chi connectivity index (χ2n) is 4.82. The highest BCUT2D eigenvalue weighted by atomic mass is 32.2. The molecule has 22 heavy (non-hydrogen) atoms. The molecule has 0 fully saturated rings. The topological polar surface area (TPSA) is 126 Å². The van der Waals surface area contributed by atoms with Gasteiger partial charge >= 0.3 is 5.97 Å². The highest BCUT2D eigenvalue weighted by molar-refractivity contribution is 7.88. The minimum atomic E-state index is -3.31. The Labute approximate surface area is 128 Å². The molecule has 0 unspecified atom stereocenters. The number of hydrogen-bond acceptors (Lipinski definition) is 5. The molecule has 8 nitrogen and oxygen atoms in total. The van der Waals surface area contributed by atoms with Crippen LogP contribution >= 0.6 is 0 Å². The molecule has 0 saturated heterocycles. The van der Waals surface area contributed by atoms with Gasteiger partial charge in [-0.15, -0.1) is 0 Å². The van der Waals surface area contributed by atoms with Crippen LogP contribution in [0, 0.1) is 0 Å². The third-order valence-electron chi connectivity index (χ3n) is 2.75. The summed E-state index contributed by atoms with van der Waals surface area (Å²) in [5.41, 5.74) is 0. The molecule has 0 aromatic carbocycles. The van der Waals surface area contributed by atoms with E-state index in [9.17, 15) is 18.0 Å². The van der Waals surface area contributed by atoms with Crippen molar-refractivity contribution in [2.24, 2.45) is 0 Å². The molecule has 1 aromatic heterocycles. The standard InChI is InChI=1S/C13H20N2O6S/c1-22(19,20)15-9-10-6-7-11(21-10)13(18)14-8-4-2-3-5-12(16)17/h6-7,15H,2-5,8-9H2,1H3,(H,14,18)(H,16,17). The molecule has 0 aliphatic rings. The van der Waals surface area contributed by atoms with E-state index in [1.54, 1.807) is 0 Å². The van der Waals surface area contributed by atoms with Crippen molar-refractivity contribution in [2.75, 3.05) is 12.8 Å². The SMILES string of the molecule is CS(=O)(=O)NCc1ccc(C(=O)NCCCCCC(=O)O)o1. The van der Waals surface area contributed by atoms with Crippen molar-refractivity contribution in [3.63, 3.8) is 0 Å². The van der Waals surface area contributed by atoms with Crippen molar-refractivity contribution in [3.8, 4) is 0 Å². The average molecular weight is 332 g/mol. The van der Waals surface area contributed by atoms with Gasteiger partial charge in [0.05, 0.1) is 12.8 Å². The normalized spacial score (nSPS) is 11.3. The Hall–Kier alpha value is -1.87. The fourth-order valence-electron chi connectivity index (χ4n) is 1.66. The molecule has 0 aliphatic carbocycles. The van der Waals surface area contributed by atoms with Gasteiger partial charge in [0.2, 0.25) is 10.0 Å². The summed E-state index contributed by atoms with van der Waals surface area (Å²) in [4.78, 5) is 22.1. The van der Waals surface area contributed by atoms with Gasteiger partial charge in [-0.1, -0.05) is 6.42 Å². The lowest BCUT2D eigenvalue weighted by molar-refractivity contribution is -0.137. The molecule has 1 aromatic rings. The first-order chi connectivity index (χ1) is 10.3. The number of hydrogen-bond donors (Lipinski definition) is 3. The van der Waals surface area contributed by atoms with Gasteiger partial charge in [-0.3, -0.25) is 9.59 Å². The van der Waals surface area contributed by atoms with Crippen LogP contribution < -0.4 is 10.0 Å². The molecule has 0 spiro atoms. The number of carboxylic acids is 1. The molecule has 0 aliphatic heterocycles. The quantitative estimate of drug-likeness (QED) is 0.542. The van der Waals surface area contributed by atoms with E-state index in [0.29, 0.717) is 31.6 Å². The van der Waals surface area contributed by atoms with E-state index in [1.807, 2.05) is 0 Å². The lowest BCUT2D eigenvalue weighted by Gasteiger charge is -2.03. The maximum absolute atomic E-state index is 11.8. The predicted octanol–water partition coefficient (Wildman–Crippen LogP) is 0.704. The van der Waals surface area contributed by atoms with Crippen molar-refractivity contribution in [1.29, 1.82) is 0 Å². The molecule has 1 rings (SSSR count).